The average Bonchev–Trinajstić information content (AvgIpc) is 3.44. The Morgan fingerprint density at radius 3 is 2.76 bits per heavy atom. The van der Waals surface area contributed by atoms with E-state index in [1.165, 1.54) is 0 Å². The summed E-state index contributed by atoms with van der Waals surface area (Å²) >= 11 is 0. The van der Waals surface area contributed by atoms with Gasteiger partial charge in [0.15, 0.2) is 5.65 Å². The van der Waals surface area contributed by atoms with Gasteiger partial charge in [-0.25, -0.2) is 4.98 Å². The maximum Gasteiger partial charge on any atom is 0.251 e. The summed E-state index contributed by atoms with van der Waals surface area (Å²) in [4.78, 5) is 21.6. The van der Waals surface area contributed by atoms with Crippen molar-refractivity contribution in [3.8, 4) is 17.2 Å². The number of aromatic nitrogens is 6. The first-order chi connectivity index (χ1) is 16.4. The highest BCUT2D eigenvalue weighted by molar-refractivity contribution is 6.09. The molecule has 0 radical (unpaired) electrons. The van der Waals surface area contributed by atoms with Crippen LogP contribution in [0.3, 0.4) is 0 Å². The number of hydrogen-bond acceptors (Lipinski definition) is 6. The molecule has 4 heterocycles. The average molecular weight is 451 g/mol. The number of benzene rings is 1. The summed E-state index contributed by atoms with van der Waals surface area (Å²) in [5.74, 6) is -0.209. The fourth-order valence-corrected chi connectivity index (χ4v) is 4.22. The molecule has 5 aromatic rings. The number of nitrogens with two attached hydrogens (primary N) is 1. The molecule has 4 aromatic heterocycles. The monoisotopic (exact) mass is 450 g/mol. The van der Waals surface area contributed by atoms with Gasteiger partial charge in [-0.15, -0.1) is 0 Å². The molecule has 1 aromatic carbocycles. The number of rotatable bonds is 6. The van der Waals surface area contributed by atoms with Crippen molar-refractivity contribution in [2.24, 2.45) is 11.7 Å². The van der Waals surface area contributed by atoms with E-state index in [4.69, 9.17) is 11.0 Å². The third-order valence-corrected chi connectivity index (χ3v) is 5.72. The third kappa shape index (κ3) is 3.75. The maximum atomic E-state index is 12.6. The molecular formula is C25H22N8O. The number of nitriles is 1. The Balaban J connectivity index is 1.61. The van der Waals surface area contributed by atoms with Gasteiger partial charge in [0.25, 0.3) is 5.91 Å². The number of aromatic amines is 1. The number of fused-ring (bicyclic) bond motifs is 2. The molecule has 34 heavy (non-hydrogen) atoms. The number of hydrogen-bond donors (Lipinski definition) is 2. The standard InChI is InChI=1S/C25H22N8O/c1-14(2)7-20-23(24(27)34)22(19-12-29-32-25(19)31-20)16-4-6-21-17(8-16)11-30-33(21)13-18-5-3-15(9-26)10-28-18/h3-6,8,10-12,14H,7,13H2,1-2H3,(H2,27,34)(H,29,31,32). The van der Waals surface area contributed by atoms with Crippen molar-refractivity contribution in [1.29, 1.82) is 5.26 Å². The molecular weight excluding hydrogens is 428 g/mol. The van der Waals surface area contributed by atoms with E-state index in [1.54, 1.807) is 24.7 Å². The molecule has 0 saturated heterocycles. The summed E-state index contributed by atoms with van der Waals surface area (Å²) in [5.41, 5.74) is 11.4. The van der Waals surface area contributed by atoms with E-state index in [0.29, 0.717) is 41.4 Å². The number of pyridine rings is 2. The number of nitrogens with one attached hydrogen (secondary N) is 1. The van der Waals surface area contributed by atoms with E-state index in [0.717, 1.165) is 33.1 Å². The second-order valence-corrected chi connectivity index (χ2v) is 8.63. The van der Waals surface area contributed by atoms with E-state index in [-0.39, 0.29) is 0 Å². The lowest BCUT2D eigenvalue weighted by Gasteiger charge is -2.15. The second kappa shape index (κ2) is 8.41. The fourth-order valence-electron chi connectivity index (χ4n) is 4.22. The van der Waals surface area contributed by atoms with Gasteiger partial charge in [-0.05, 0) is 42.2 Å². The smallest absolute Gasteiger partial charge is 0.251 e. The minimum Gasteiger partial charge on any atom is -0.366 e. The van der Waals surface area contributed by atoms with Crippen LogP contribution in [0.2, 0.25) is 0 Å². The highest BCUT2D eigenvalue weighted by Crippen LogP contribution is 2.34. The van der Waals surface area contributed by atoms with E-state index in [2.05, 4.69) is 45.2 Å². The Labute approximate surface area is 195 Å². The van der Waals surface area contributed by atoms with Gasteiger partial charge in [-0.2, -0.15) is 15.5 Å². The van der Waals surface area contributed by atoms with Crippen LogP contribution >= 0.6 is 0 Å². The number of amides is 1. The van der Waals surface area contributed by atoms with Crippen molar-refractivity contribution < 1.29 is 4.79 Å². The molecule has 0 bridgehead atoms. The highest BCUT2D eigenvalue weighted by atomic mass is 16.1. The summed E-state index contributed by atoms with van der Waals surface area (Å²) in [7, 11) is 0. The zero-order valence-electron chi connectivity index (χ0n) is 18.8. The Kier molecular flexibility index (Phi) is 5.26. The lowest BCUT2D eigenvalue weighted by atomic mass is 9.92. The molecule has 0 fully saturated rings. The van der Waals surface area contributed by atoms with Gasteiger partial charge >= 0.3 is 0 Å². The van der Waals surface area contributed by atoms with Crippen LogP contribution in [0.1, 0.15) is 41.2 Å². The van der Waals surface area contributed by atoms with E-state index in [1.807, 2.05) is 28.9 Å². The van der Waals surface area contributed by atoms with E-state index >= 15 is 0 Å². The van der Waals surface area contributed by atoms with Crippen molar-refractivity contribution in [1.82, 2.24) is 29.9 Å². The van der Waals surface area contributed by atoms with E-state index in [9.17, 15) is 4.79 Å². The Bertz CT molecular complexity index is 1570. The molecule has 3 N–H and O–H groups in total. The molecule has 9 heteroatoms. The van der Waals surface area contributed by atoms with Gasteiger partial charge in [-0.1, -0.05) is 19.9 Å². The van der Waals surface area contributed by atoms with Crippen LogP contribution < -0.4 is 5.73 Å². The number of H-pyrrole nitrogens is 1. The normalized spacial score (nSPS) is 11.4. The predicted octanol–water partition coefficient (Wildman–Crippen LogP) is 3.59. The van der Waals surface area contributed by atoms with Crippen LogP contribution in [0.4, 0.5) is 0 Å². The molecule has 0 aliphatic heterocycles. The number of carbonyl (C=O) groups excluding carboxylic acids is 1. The molecule has 9 nitrogen and oxygen atoms in total. The second-order valence-electron chi connectivity index (χ2n) is 8.63. The molecule has 1 amide bonds. The zero-order chi connectivity index (χ0) is 23.8. The van der Waals surface area contributed by atoms with Crippen LogP contribution in [0, 0.1) is 17.2 Å². The summed E-state index contributed by atoms with van der Waals surface area (Å²) in [6.45, 7) is 4.62. The summed E-state index contributed by atoms with van der Waals surface area (Å²) in [6.07, 6.45) is 5.64. The van der Waals surface area contributed by atoms with Crippen LogP contribution in [0.15, 0.2) is 48.9 Å². The number of nitrogens with zero attached hydrogens (tertiary/aromatic N) is 6. The largest absolute Gasteiger partial charge is 0.366 e. The first kappa shape index (κ1) is 21.3. The van der Waals surface area contributed by atoms with Crippen molar-refractivity contribution in [2.75, 3.05) is 0 Å². The number of primary amides is 1. The Hall–Kier alpha value is -4.58. The van der Waals surface area contributed by atoms with Gasteiger partial charge < -0.3 is 5.73 Å². The lowest BCUT2D eigenvalue weighted by molar-refractivity contribution is 0.0999. The zero-order valence-corrected chi connectivity index (χ0v) is 18.8. The van der Waals surface area contributed by atoms with Gasteiger partial charge in [0.2, 0.25) is 0 Å². The molecule has 0 aliphatic carbocycles. The quantitative estimate of drug-likeness (QED) is 0.405. The molecule has 0 aliphatic rings. The number of carbonyl (C=O) groups is 1. The van der Waals surface area contributed by atoms with Gasteiger partial charge in [0.1, 0.15) is 6.07 Å². The first-order valence-electron chi connectivity index (χ1n) is 10.9. The molecule has 0 atom stereocenters. The summed E-state index contributed by atoms with van der Waals surface area (Å²) < 4.78 is 1.85. The van der Waals surface area contributed by atoms with Crippen molar-refractivity contribution in [3.63, 3.8) is 0 Å². The Morgan fingerprint density at radius 1 is 1.21 bits per heavy atom. The predicted molar refractivity (Wildman–Crippen MR) is 128 cm³/mol. The molecule has 5 rings (SSSR count). The van der Waals surface area contributed by atoms with Crippen LogP contribution in [-0.2, 0) is 13.0 Å². The molecule has 0 unspecified atom stereocenters. The van der Waals surface area contributed by atoms with Crippen molar-refractivity contribution in [2.45, 2.75) is 26.8 Å². The van der Waals surface area contributed by atoms with Crippen molar-refractivity contribution in [3.05, 3.63) is 71.4 Å². The highest BCUT2D eigenvalue weighted by Gasteiger charge is 2.22. The SMILES string of the molecule is CC(C)Cc1nc2[nH]ncc2c(-c2ccc3c(cnn3Cc3ccc(C#N)cn3)c2)c1C(N)=O. The maximum absolute atomic E-state index is 12.6. The van der Waals surface area contributed by atoms with Crippen LogP contribution in [0.25, 0.3) is 33.1 Å². The molecule has 168 valence electrons. The first-order valence-corrected chi connectivity index (χ1v) is 10.9. The molecule has 0 saturated carbocycles. The van der Waals surface area contributed by atoms with E-state index < -0.39 is 5.91 Å². The fraction of sp³-hybridized carbons (Fsp3) is 0.200. The van der Waals surface area contributed by atoms with Crippen LogP contribution in [0.5, 0.6) is 0 Å². The van der Waals surface area contributed by atoms with Crippen LogP contribution in [-0.4, -0.2) is 35.9 Å². The van der Waals surface area contributed by atoms with Crippen molar-refractivity contribution >= 4 is 27.8 Å². The van der Waals surface area contributed by atoms with Gasteiger partial charge in [-0.3, -0.25) is 19.6 Å². The lowest BCUT2D eigenvalue weighted by Crippen LogP contribution is -2.18. The molecule has 0 spiro atoms. The Morgan fingerprint density at radius 2 is 2.06 bits per heavy atom. The third-order valence-electron chi connectivity index (χ3n) is 5.72. The topological polar surface area (TPSA) is 139 Å². The van der Waals surface area contributed by atoms with Gasteiger partial charge in [0, 0.05) is 22.5 Å². The van der Waals surface area contributed by atoms with Gasteiger partial charge in [0.05, 0.1) is 47.0 Å². The summed E-state index contributed by atoms with van der Waals surface area (Å²) in [5, 5.41) is 22.2. The minimum absolute atomic E-state index is 0.301. The minimum atomic E-state index is -0.510. The summed E-state index contributed by atoms with van der Waals surface area (Å²) in [6, 6.07) is 11.6.